The molecule has 15 N–H and O–H groups in total. The fourth-order valence-electron chi connectivity index (χ4n) is 6.67. The highest BCUT2D eigenvalue weighted by Crippen LogP contribution is 2.36. The van der Waals surface area contributed by atoms with E-state index in [1.165, 1.54) is 6.92 Å². The molecule has 0 aromatic heterocycles. The van der Waals surface area contributed by atoms with Gasteiger partial charge in [-0.1, -0.05) is 0 Å². The minimum atomic E-state index is -1.48. The predicted octanol–water partition coefficient (Wildman–Crippen LogP) is -5.75. The summed E-state index contributed by atoms with van der Waals surface area (Å²) in [4.78, 5) is 12.6. The van der Waals surface area contributed by atoms with E-state index in [0.717, 1.165) is 0 Å². The number of nitrogens with two attached hydrogens (primary N) is 3. The van der Waals surface area contributed by atoms with Crippen LogP contribution in [0.15, 0.2) is 11.8 Å². The van der Waals surface area contributed by atoms with Gasteiger partial charge in [0.25, 0.3) is 0 Å². The van der Waals surface area contributed by atoms with Crippen molar-refractivity contribution in [1.82, 2.24) is 21.3 Å². The van der Waals surface area contributed by atoms with Crippen molar-refractivity contribution in [2.75, 3.05) is 39.8 Å². The number of ether oxygens (including phenoxy) is 3. The van der Waals surface area contributed by atoms with Crippen molar-refractivity contribution >= 4 is 5.91 Å². The quantitative estimate of drug-likeness (QED) is 0.103. The molecule has 2 saturated heterocycles. The highest BCUT2D eigenvalue weighted by molar-refractivity contribution is 5.81. The molecule has 1 aliphatic carbocycles. The maximum Gasteiger partial charge on any atom is 0.250 e. The number of amides is 1. The third-order valence-corrected chi connectivity index (χ3v) is 9.03. The van der Waals surface area contributed by atoms with Crippen molar-refractivity contribution in [3.05, 3.63) is 11.8 Å². The topological polar surface area (TPSA) is 272 Å². The third-order valence-electron chi connectivity index (χ3n) is 9.03. The number of aliphatic hydroxyl groups is 5. The summed E-state index contributed by atoms with van der Waals surface area (Å²) >= 11 is 0. The van der Waals surface area contributed by atoms with Crippen molar-refractivity contribution < 1.29 is 44.5 Å². The van der Waals surface area contributed by atoms with E-state index < -0.39 is 78.4 Å². The van der Waals surface area contributed by atoms with Crippen molar-refractivity contribution in [2.24, 2.45) is 23.1 Å². The zero-order valence-electron chi connectivity index (χ0n) is 24.8. The minimum absolute atomic E-state index is 0.130. The van der Waals surface area contributed by atoms with Gasteiger partial charge < -0.3 is 78.2 Å². The largest absolute Gasteiger partial charge is 0.492 e. The van der Waals surface area contributed by atoms with Crippen LogP contribution in [0, 0.1) is 5.92 Å². The number of hydrogen-bond acceptors (Lipinski definition) is 15. The Labute approximate surface area is 251 Å². The maximum atomic E-state index is 12.6. The van der Waals surface area contributed by atoms with Gasteiger partial charge in [0.15, 0.2) is 6.29 Å². The average molecular weight is 618 g/mol. The van der Waals surface area contributed by atoms with Crippen LogP contribution in [0.2, 0.25) is 0 Å². The van der Waals surface area contributed by atoms with E-state index >= 15 is 0 Å². The van der Waals surface area contributed by atoms with Crippen LogP contribution in [0.5, 0.6) is 0 Å². The number of likely N-dealkylation sites (N-methyl/N-ethyl adjacent to an activating group) is 1. The Balaban J connectivity index is 1.49. The van der Waals surface area contributed by atoms with Crippen LogP contribution in [0.4, 0.5) is 0 Å². The number of carbonyl (C=O) groups excluding carboxylic acids is 1. The second kappa shape index (κ2) is 14.7. The van der Waals surface area contributed by atoms with Gasteiger partial charge in [0.2, 0.25) is 5.91 Å². The molecule has 0 aromatic carbocycles. The average Bonchev–Trinajstić information content (AvgIpc) is 3.37. The van der Waals surface area contributed by atoms with Gasteiger partial charge in [-0.3, -0.25) is 4.79 Å². The molecule has 0 aromatic rings. The molecule has 1 unspecified atom stereocenters. The van der Waals surface area contributed by atoms with Crippen molar-refractivity contribution in [1.29, 1.82) is 0 Å². The molecule has 0 bridgehead atoms. The lowest BCUT2D eigenvalue weighted by Crippen LogP contribution is -2.69. The predicted molar refractivity (Wildman–Crippen MR) is 154 cm³/mol. The fourth-order valence-corrected chi connectivity index (χ4v) is 6.67. The van der Waals surface area contributed by atoms with Crippen molar-refractivity contribution in [3.8, 4) is 0 Å². The molecule has 248 valence electrons. The molecule has 16 heteroatoms. The van der Waals surface area contributed by atoms with Gasteiger partial charge in [0, 0.05) is 43.7 Å². The van der Waals surface area contributed by atoms with Gasteiger partial charge in [0.1, 0.15) is 35.8 Å². The molecule has 43 heavy (non-hydrogen) atoms. The summed E-state index contributed by atoms with van der Waals surface area (Å²) in [6.07, 6.45) is -4.44. The van der Waals surface area contributed by atoms with Gasteiger partial charge in [0.05, 0.1) is 37.4 Å². The Morgan fingerprint density at radius 1 is 1.23 bits per heavy atom. The standard InChI is InChI=1S/C27H51N7O9/c1-27(40)11-41-26(21(38)24(27)31-2)43-23-17(34-25(39)18(36)7-28)6-16(30)19(20(23)37)22-15(29)4-3-14(42-22)10-32-8-12-5-13(35)9-33-12/h3,12-13,15-24,26,31-33,35-38,40H,4-11,28-30H2,1-2H3,(H,34,39)/t12-,13+,15-,16+,17-,18+,19-,20+,21-,22?,23+,24-,26-,27+/m1/s1. The monoisotopic (exact) mass is 617 g/mol. The van der Waals surface area contributed by atoms with Gasteiger partial charge in [-0.05, 0) is 39.3 Å². The molecule has 3 heterocycles. The second-order valence-electron chi connectivity index (χ2n) is 12.5. The third kappa shape index (κ3) is 8.02. The van der Waals surface area contributed by atoms with Crippen LogP contribution in [-0.2, 0) is 19.0 Å². The van der Waals surface area contributed by atoms with Gasteiger partial charge in [-0.15, -0.1) is 0 Å². The van der Waals surface area contributed by atoms with Crippen LogP contribution in [0.1, 0.15) is 26.2 Å². The van der Waals surface area contributed by atoms with Crippen LogP contribution >= 0.6 is 0 Å². The lowest BCUT2D eigenvalue weighted by molar-refractivity contribution is -0.297. The van der Waals surface area contributed by atoms with E-state index in [1.54, 1.807) is 7.05 Å². The Kier molecular flexibility index (Phi) is 11.8. The molecule has 4 rings (SSSR count). The molecular weight excluding hydrogens is 566 g/mol. The molecule has 0 spiro atoms. The highest BCUT2D eigenvalue weighted by atomic mass is 16.7. The molecule has 16 nitrogen and oxygen atoms in total. The zero-order valence-corrected chi connectivity index (χ0v) is 24.8. The van der Waals surface area contributed by atoms with E-state index in [1.807, 2.05) is 6.08 Å². The zero-order chi connectivity index (χ0) is 31.5. The smallest absolute Gasteiger partial charge is 0.250 e. The first-order valence-corrected chi connectivity index (χ1v) is 15.1. The lowest BCUT2D eigenvalue weighted by Gasteiger charge is -2.50. The van der Waals surface area contributed by atoms with Gasteiger partial charge in [-0.25, -0.2) is 0 Å². The summed E-state index contributed by atoms with van der Waals surface area (Å²) in [6, 6.07) is -2.72. The summed E-state index contributed by atoms with van der Waals surface area (Å²) < 4.78 is 18.1. The summed E-state index contributed by atoms with van der Waals surface area (Å²) in [6.45, 7) is 2.66. The van der Waals surface area contributed by atoms with Crippen molar-refractivity contribution in [2.45, 2.75) is 105 Å². The van der Waals surface area contributed by atoms with E-state index in [9.17, 15) is 30.3 Å². The van der Waals surface area contributed by atoms with Crippen molar-refractivity contribution in [3.63, 3.8) is 0 Å². The maximum absolute atomic E-state index is 12.6. The Hall–Kier alpha value is -1.51. The van der Waals surface area contributed by atoms with Crippen LogP contribution in [-0.4, -0.2) is 150 Å². The number of aliphatic hydroxyl groups excluding tert-OH is 4. The summed E-state index contributed by atoms with van der Waals surface area (Å²) in [5.74, 6) is -0.841. The van der Waals surface area contributed by atoms with E-state index in [0.29, 0.717) is 38.2 Å². The van der Waals surface area contributed by atoms with E-state index in [2.05, 4.69) is 21.3 Å². The molecular formula is C27H51N7O9. The van der Waals surface area contributed by atoms with Crippen LogP contribution in [0.25, 0.3) is 0 Å². The van der Waals surface area contributed by atoms with Gasteiger partial charge in [-0.2, -0.15) is 0 Å². The number of carbonyl (C=O) groups is 1. The van der Waals surface area contributed by atoms with Gasteiger partial charge >= 0.3 is 0 Å². The molecule has 0 radical (unpaired) electrons. The SMILES string of the molecule is CN[C@@H]1[C@@H](O)[C@@H](O[C@@H]2[C@@H](O)[C@H](C3OC(CNC[C@H]4C[C@H](O)CN4)=CC[C@H]3N)[C@@H](N)C[C@H]2NC(=O)[C@@H](O)CN)OC[C@]1(C)O. The first kappa shape index (κ1) is 34.4. The molecule has 3 fully saturated rings. The molecule has 1 amide bonds. The first-order valence-electron chi connectivity index (χ1n) is 15.1. The number of rotatable bonds is 11. The number of nitrogens with one attached hydrogen (secondary N) is 4. The normalized spacial score (nSPS) is 44.4. The summed E-state index contributed by atoms with van der Waals surface area (Å²) in [5, 5.41) is 65.3. The van der Waals surface area contributed by atoms with Crippen LogP contribution < -0.4 is 38.5 Å². The first-order chi connectivity index (χ1) is 20.4. The molecule has 3 aliphatic heterocycles. The number of β-amino-alcohol motifs (C(OH)–C–C–N with tert-alkyl or cyclic N) is 1. The van der Waals surface area contributed by atoms with E-state index in [4.69, 9.17) is 31.4 Å². The van der Waals surface area contributed by atoms with Crippen LogP contribution in [0.3, 0.4) is 0 Å². The molecule has 4 aliphatic rings. The summed E-state index contributed by atoms with van der Waals surface area (Å²) in [5.41, 5.74) is 17.1. The lowest BCUT2D eigenvalue weighted by atomic mass is 9.72. The van der Waals surface area contributed by atoms with E-state index in [-0.39, 0.29) is 31.7 Å². The Morgan fingerprint density at radius 2 is 1.98 bits per heavy atom. The number of hydrogen-bond donors (Lipinski definition) is 12. The fraction of sp³-hybridized carbons (Fsp3) is 0.889. The minimum Gasteiger partial charge on any atom is -0.492 e. The Bertz CT molecular complexity index is 962. The Morgan fingerprint density at radius 3 is 2.63 bits per heavy atom. The second-order valence-corrected chi connectivity index (χ2v) is 12.5. The highest BCUT2D eigenvalue weighted by Gasteiger charge is 2.53. The molecule has 1 saturated carbocycles. The molecule has 14 atom stereocenters. The summed E-state index contributed by atoms with van der Waals surface area (Å²) in [7, 11) is 1.59.